The molecule has 0 saturated carbocycles. The van der Waals surface area contributed by atoms with Gasteiger partial charge in [-0.2, -0.15) is 0 Å². The van der Waals surface area contributed by atoms with Crippen LogP contribution in [-0.4, -0.2) is 35.9 Å². The molecule has 11 heteroatoms. The highest BCUT2D eigenvalue weighted by Crippen LogP contribution is 2.28. The summed E-state index contributed by atoms with van der Waals surface area (Å²) >= 11 is 5.71. The van der Waals surface area contributed by atoms with Gasteiger partial charge in [-0.1, -0.05) is 11.6 Å². The largest absolute Gasteiger partial charge is 0.482 e. The van der Waals surface area contributed by atoms with E-state index in [-0.39, 0.29) is 22.3 Å². The summed E-state index contributed by atoms with van der Waals surface area (Å²) < 4.78 is 10.2. The van der Waals surface area contributed by atoms with Crippen LogP contribution in [-0.2, 0) is 25.5 Å². The molecule has 1 aliphatic rings. The summed E-state index contributed by atoms with van der Waals surface area (Å²) in [5.41, 5.74) is 1.39. The molecule has 2 N–H and O–H groups in total. The first-order valence-electron chi connectivity index (χ1n) is 8.77. The molecule has 2 amide bonds. The first kappa shape index (κ1) is 21.1. The molecule has 156 valence electrons. The number of nitrogens with one attached hydrogen (secondary N) is 2. The number of benzene rings is 2. The van der Waals surface area contributed by atoms with Crippen LogP contribution in [0.3, 0.4) is 0 Å². The summed E-state index contributed by atoms with van der Waals surface area (Å²) in [6, 6.07) is 8.78. The Labute approximate surface area is 175 Å². The van der Waals surface area contributed by atoms with Crippen molar-refractivity contribution in [1.29, 1.82) is 0 Å². The van der Waals surface area contributed by atoms with E-state index in [1.165, 1.54) is 12.1 Å². The van der Waals surface area contributed by atoms with Gasteiger partial charge in [-0.25, -0.2) is 4.79 Å². The Morgan fingerprint density at radius 2 is 1.97 bits per heavy atom. The van der Waals surface area contributed by atoms with E-state index in [4.69, 9.17) is 21.1 Å². The molecule has 0 aliphatic carbocycles. The lowest BCUT2D eigenvalue weighted by atomic mass is 10.0. The highest BCUT2D eigenvalue weighted by Gasteiger charge is 2.17. The van der Waals surface area contributed by atoms with E-state index in [1.807, 2.05) is 0 Å². The summed E-state index contributed by atoms with van der Waals surface area (Å²) in [5, 5.41) is 15.9. The lowest BCUT2D eigenvalue weighted by molar-refractivity contribution is -0.384. The van der Waals surface area contributed by atoms with E-state index in [9.17, 15) is 24.5 Å². The second-order valence-corrected chi connectivity index (χ2v) is 6.70. The number of nitrogens with zero attached hydrogens (tertiary/aromatic N) is 1. The number of ether oxygens (including phenoxy) is 2. The van der Waals surface area contributed by atoms with E-state index in [1.54, 1.807) is 18.2 Å². The van der Waals surface area contributed by atoms with Crippen molar-refractivity contribution >= 4 is 46.4 Å². The van der Waals surface area contributed by atoms with Gasteiger partial charge in [0.2, 0.25) is 5.91 Å². The molecule has 1 heterocycles. The third kappa shape index (κ3) is 5.45. The highest BCUT2D eigenvalue weighted by molar-refractivity contribution is 6.32. The van der Waals surface area contributed by atoms with E-state index >= 15 is 0 Å². The number of hydrogen-bond acceptors (Lipinski definition) is 7. The van der Waals surface area contributed by atoms with Gasteiger partial charge in [-0.3, -0.25) is 19.7 Å². The molecule has 0 bridgehead atoms. The van der Waals surface area contributed by atoms with Crippen molar-refractivity contribution in [2.75, 3.05) is 23.8 Å². The van der Waals surface area contributed by atoms with Gasteiger partial charge in [0.05, 0.1) is 4.92 Å². The van der Waals surface area contributed by atoms with Crippen LogP contribution in [0.2, 0.25) is 5.02 Å². The smallest absolute Gasteiger partial charge is 0.344 e. The van der Waals surface area contributed by atoms with E-state index < -0.39 is 30.0 Å². The number of nitro groups is 1. The van der Waals surface area contributed by atoms with Gasteiger partial charge < -0.3 is 20.1 Å². The molecule has 1 aliphatic heterocycles. The number of anilines is 2. The minimum absolute atomic E-state index is 0.0498. The molecule has 0 unspecified atom stereocenters. The number of carbonyl (C=O) groups is 3. The minimum atomic E-state index is -0.765. The van der Waals surface area contributed by atoms with Crippen LogP contribution in [0.4, 0.5) is 17.1 Å². The van der Waals surface area contributed by atoms with Crippen LogP contribution in [0.1, 0.15) is 12.0 Å². The number of esters is 1. The molecule has 0 saturated heterocycles. The van der Waals surface area contributed by atoms with Gasteiger partial charge >= 0.3 is 5.97 Å². The fraction of sp³-hybridized carbons (Fsp3) is 0.211. The summed E-state index contributed by atoms with van der Waals surface area (Å²) in [5.74, 6) is -1.06. The Kier molecular flexibility index (Phi) is 6.48. The molecule has 10 nitrogen and oxygen atoms in total. The second kappa shape index (κ2) is 9.23. The SMILES string of the molecule is O=C(COC(=O)COc1ccc2c(c1)CCC(=O)N2)Nc1ccc(Cl)c([N+](=O)[O-])c1. The number of rotatable bonds is 7. The second-order valence-electron chi connectivity index (χ2n) is 6.29. The van der Waals surface area contributed by atoms with Crippen molar-refractivity contribution in [3.63, 3.8) is 0 Å². The molecule has 3 rings (SSSR count). The van der Waals surface area contributed by atoms with Crippen molar-refractivity contribution in [3.05, 3.63) is 57.1 Å². The van der Waals surface area contributed by atoms with Crippen molar-refractivity contribution < 1.29 is 28.8 Å². The van der Waals surface area contributed by atoms with Gasteiger partial charge in [-0.15, -0.1) is 0 Å². The zero-order chi connectivity index (χ0) is 21.7. The summed E-state index contributed by atoms with van der Waals surface area (Å²) in [6.45, 7) is -1.00. The maximum absolute atomic E-state index is 11.9. The summed E-state index contributed by atoms with van der Waals surface area (Å²) in [6.07, 6.45) is 0.955. The molecule has 2 aromatic carbocycles. The van der Waals surface area contributed by atoms with Crippen LogP contribution in [0, 0.1) is 10.1 Å². The number of aryl methyl sites for hydroxylation is 1. The van der Waals surface area contributed by atoms with Gasteiger partial charge in [0.1, 0.15) is 10.8 Å². The fourth-order valence-electron chi connectivity index (χ4n) is 2.71. The molecule has 2 aromatic rings. The van der Waals surface area contributed by atoms with Crippen molar-refractivity contribution in [3.8, 4) is 5.75 Å². The van der Waals surface area contributed by atoms with Crippen molar-refractivity contribution in [2.24, 2.45) is 0 Å². The first-order valence-corrected chi connectivity index (χ1v) is 9.14. The molecule has 0 fully saturated rings. The number of halogens is 1. The number of nitro benzene ring substituents is 1. The topological polar surface area (TPSA) is 137 Å². The Bertz CT molecular complexity index is 1030. The predicted molar refractivity (Wildman–Crippen MR) is 107 cm³/mol. The Morgan fingerprint density at radius 1 is 1.17 bits per heavy atom. The first-order chi connectivity index (χ1) is 14.3. The fourth-order valence-corrected chi connectivity index (χ4v) is 2.89. The average Bonchev–Trinajstić information content (AvgIpc) is 2.71. The van der Waals surface area contributed by atoms with E-state index in [0.29, 0.717) is 24.3 Å². The monoisotopic (exact) mass is 433 g/mol. The maximum Gasteiger partial charge on any atom is 0.344 e. The van der Waals surface area contributed by atoms with Crippen LogP contribution in [0.25, 0.3) is 0 Å². The third-order valence-corrected chi connectivity index (χ3v) is 4.44. The van der Waals surface area contributed by atoms with E-state index in [2.05, 4.69) is 10.6 Å². The molecule has 0 aromatic heterocycles. The van der Waals surface area contributed by atoms with Gasteiger partial charge in [0.15, 0.2) is 13.2 Å². The number of fused-ring (bicyclic) bond motifs is 1. The number of amides is 2. The molecule has 30 heavy (non-hydrogen) atoms. The zero-order valence-corrected chi connectivity index (χ0v) is 16.2. The van der Waals surface area contributed by atoms with Crippen molar-refractivity contribution in [2.45, 2.75) is 12.8 Å². The number of carbonyl (C=O) groups excluding carboxylic acids is 3. The summed E-state index contributed by atoms with van der Waals surface area (Å²) in [4.78, 5) is 45.2. The van der Waals surface area contributed by atoms with Crippen LogP contribution >= 0.6 is 11.6 Å². The van der Waals surface area contributed by atoms with E-state index in [0.717, 1.165) is 11.6 Å². The molecule has 0 atom stereocenters. The maximum atomic E-state index is 11.9. The minimum Gasteiger partial charge on any atom is -0.482 e. The predicted octanol–water partition coefficient (Wildman–Crippen LogP) is 2.69. The van der Waals surface area contributed by atoms with Crippen LogP contribution in [0.5, 0.6) is 5.75 Å². The van der Waals surface area contributed by atoms with Gasteiger partial charge in [0.25, 0.3) is 11.6 Å². The summed E-state index contributed by atoms with van der Waals surface area (Å²) in [7, 11) is 0. The standard InChI is InChI=1S/C19H16ClN3O7/c20-14-4-2-12(8-16(14)23(27)28)21-18(25)9-30-19(26)10-29-13-3-5-15-11(7-13)1-6-17(24)22-15/h2-5,7-8H,1,6,9-10H2,(H,21,25)(H,22,24). The Morgan fingerprint density at radius 3 is 2.73 bits per heavy atom. The van der Waals surface area contributed by atoms with Crippen LogP contribution in [0.15, 0.2) is 36.4 Å². The van der Waals surface area contributed by atoms with Crippen LogP contribution < -0.4 is 15.4 Å². The molecular weight excluding hydrogens is 418 g/mol. The molecule has 0 spiro atoms. The number of hydrogen-bond donors (Lipinski definition) is 2. The van der Waals surface area contributed by atoms with Gasteiger partial charge in [0, 0.05) is 23.9 Å². The average molecular weight is 434 g/mol. The third-order valence-electron chi connectivity index (χ3n) is 4.12. The quantitative estimate of drug-likeness (QED) is 0.389. The normalized spacial score (nSPS) is 12.4. The van der Waals surface area contributed by atoms with Gasteiger partial charge in [-0.05, 0) is 42.3 Å². The lowest BCUT2D eigenvalue weighted by Crippen LogP contribution is -2.23. The Balaban J connectivity index is 1.46. The molecule has 0 radical (unpaired) electrons. The zero-order valence-electron chi connectivity index (χ0n) is 15.5. The Hall–Kier alpha value is -3.66. The highest BCUT2D eigenvalue weighted by atomic mass is 35.5. The lowest BCUT2D eigenvalue weighted by Gasteiger charge is -2.17. The van der Waals surface area contributed by atoms with Crippen molar-refractivity contribution in [1.82, 2.24) is 0 Å². The molecular formula is C19H16ClN3O7.